The van der Waals surface area contributed by atoms with Crippen molar-refractivity contribution in [1.82, 2.24) is 4.98 Å². The number of aryl methyl sites for hydroxylation is 1. The summed E-state index contributed by atoms with van der Waals surface area (Å²) in [6, 6.07) is 20.7. The second-order valence-electron chi connectivity index (χ2n) is 6.44. The Bertz CT molecular complexity index is 1020. The molecule has 2 aromatic carbocycles. The van der Waals surface area contributed by atoms with Gasteiger partial charge >= 0.3 is 0 Å². The highest BCUT2D eigenvalue weighted by molar-refractivity contribution is 7.92. The van der Waals surface area contributed by atoms with Crippen molar-refractivity contribution < 1.29 is 8.42 Å². The van der Waals surface area contributed by atoms with Gasteiger partial charge < -0.3 is 4.90 Å². The number of para-hydroxylation sites is 1. The standard InChI is InChI=1S/C22H25N3O2S/c1-4-24(20-13-9-10-18(3)16-20)22-15-14-21(17-23-22)28(26,27)25(5-2)19-11-7-6-8-12-19/h6-17H,4-5H2,1-3H3. The molecule has 0 spiro atoms. The molecule has 1 aromatic heterocycles. The Morgan fingerprint density at radius 2 is 1.57 bits per heavy atom. The number of benzene rings is 2. The van der Waals surface area contributed by atoms with Crippen LogP contribution < -0.4 is 9.21 Å². The number of anilines is 3. The molecule has 0 unspecified atom stereocenters. The van der Waals surface area contributed by atoms with E-state index in [1.54, 1.807) is 24.3 Å². The zero-order valence-electron chi connectivity index (χ0n) is 16.4. The van der Waals surface area contributed by atoms with Gasteiger partial charge in [0.25, 0.3) is 10.0 Å². The number of pyridine rings is 1. The summed E-state index contributed by atoms with van der Waals surface area (Å²) in [4.78, 5) is 6.69. The van der Waals surface area contributed by atoms with Crippen LogP contribution in [0.5, 0.6) is 0 Å². The van der Waals surface area contributed by atoms with Gasteiger partial charge in [-0.05, 0) is 62.7 Å². The summed E-state index contributed by atoms with van der Waals surface area (Å²) in [5, 5.41) is 0. The lowest BCUT2D eigenvalue weighted by Crippen LogP contribution is -2.30. The molecular weight excluding hydrogens is 370 g/mol. The van der Waals surface area contributed by atoms with Gasteiger partial charge in [-0.3, -0.25) is 4.31 Å². The van der Waals surface area contributed by atoms with Crippen LogP contribution in [0.2, 0.25) is 0 Å². The number of hydrogen-bond acceptors (Lipinski definition) is 4. The quantitative estimate of drug-likeness (QED) is 0.579. The fourth-order valence-electron chi connectivity index (χ4n) is 3.17. The van der Waals surface area contributed by atoms with E-state index in [1.165, 1.54) is 10.5 Å². The highest BCUT2D eigenvalue weighted by Crippen LogP contribution is 2.27. The van der Waals surface area contributed by atoms with Gasteiger partial charge in [-0.2, -0.15) is 0 Å². The number of rotatable bonds is 7. The first kappa shape index (κ1) is 19.9. The predicted molar refractivity (Wildman–Crippen MR) is 115 cm³/mol. The largest absolute Gasteiger partial charge is 0.327 e. The maximum absolute atomic E-state index is 13.1. The van der Waals surface area contributed by atoms with Gasteiger partial charge in [0, 0.05) is 25.0 Å². The van der Waals surface area contributed by atoms with E-state index in [9.17, 15) is 8.42 Å². The minimum Gasteiger partial charge on any atom is -0.327 e. The van der Waals surface area contributed by atoms with Crippen molar-refractivity contribution in [2.75, 3.05) is 22.3 Å². The summed E-state index contributed by atoms with van der Waals surface area (Å²) in [6.07, 6.45) is 1.44. The fraction of sp³-hybridized carbons (Fsp3) is 0.227. The van der Waals surface area contributed by atoms with Gasteiger partial charge in [-0.1, -0.05) is 30.3 Å². The van der Waals surface area contributed by atoms with Gasteiger partial charge in [0.1, 0.15) is 10.7 Å². The smallest absolute Gasteiger partial charge is 0.265 e. The molecule has 0 fully saturated rings. The number of hydrogen-bond donors (Lipinski definition) is 0. The minimum absolute atomic E-state index is 0.183. The highest BCUT2D eigenvalue weighted by Gasteiger charge is 2.24. The molecule has 0 aliphatic heterocycles. The Balaban J connectivity index is 1.92. The van der Waals surface area contributed by atoms with Gasteiger partial charge in [0.15, 0.2) is 0 Å². The second-order valence-corrected chi connectivity index (χ2v) is 8.30. The maximum atomic E-state index is 13.1. The first-order valence-electron chi connectivity index (χ1n) is 9.35. The van der Waals surface area contributed by atoms with Gasteiger partial charge in [-0.25, -0.2) is 13.4 Å². The number of sulfonamides is 1. The van der Waals surface area contributed by atoms with E-state index in [2.05, 4.69) is 16.0 Å². The molecule has 1 heterocycles. The Morgan fingerprint density at radius 3 is 2.14 bits per heavy atom. The molecule has 0 saturated heterocycles. The van der Waals surface area contributed by atoms with E-state index in [1.807, 2.05) is 57.2 Å². The van der Waals surface area contributed by atoms with Crippen molar-refractivity contribution in [3.8, 4) is 0 Å². The maximum Gasteiger partial charge on any atom is 0.265 e. The van der Waals surface area contributed by atoms with Crippen LogP contribution in [0.4, 0.5) is 17.2 Å². The predicted octanol–water partition coefficient (Wildman–Crippen LogP) is 4.76. The molecule has 3 rings (SSSR count). The average Bonchev–Trinajstić information content (AvgIpc) is 2.70. The molecule has 28 heavy (non-hydrogen) atoms. The monoisotopic (exact) mass is 395 g/mol. The molecule has 0 amide bonds. The summed E-state index contributed by atoms with van der Waals surface area (Å²) in [5.74, 6) is 0.717. The molecular formula is C22H25N3O2S. The molecule has 0 N–H and O–H groups in total. The lowest BCUT2D eigenvalue weighted by molar-refractivity contribution is 0.591. The molecule has 146 valence electrons. The molecule has 3 aromatic rings. The zero-order valence-corrected chi connectivity index (χ0v) is 17.2. The van der Waals surface area contributed by atoms with Gasteiger partial charge in [-0.15, -0.1) is 0 Å². The Hall–Kier alpha value is -2.86. The van der Waals surface area contributed by atoms with E-state index in [4.69, 9.17) is 0 Å². The van der Waals surface area contributed by atoms with Crippen molar-refractivity contribution in [2.24, 2.45) is 0 Å². The van der Waals surface area contributed by atoms with E-state index < -0.39 is 10.0 Å². The number of nitrogens with zero attached hydrogens (tertiary/aromatic N) is 3. The molecule has 0 saturated carbocycles. The van der Waals surface area contributed by atoms with Crippen LogP contribution in [0.1, 0.15) is 19.4 Å². The lowest BCUT2D eigenvalue weighted by atomic mass is 10.2. The molecule has 0 bridgehead atoms. The van der Waals surface area contributed by atoms with Crippen LogP contribution in [-0.2, 0) is 10.0 Å². The van der Waals surface area contributed by atoms with Gasteiger partial charge in [0.05, 0.1) is 5.69 Å². The SMILES string of the molecule is CCN(c1cccc(C)c1)c1ccc(S(=O)(=O)N(CC)c2ccccc2)cn1. The van der Waals surface area contributed by atoms with E-state index >= 15 is 0 Å². The van der Waals surface area contributed by atoms with E-state index in [-0.39, 0.29) is 4.90 Å². The Morgan fingerprint density at radius 1 is 0.857 bits per heavy atom. The molecule has 6 heteroatoms. The van der Waals surface area contributed by atoms with Crippen LogP contribution in [0, 0.1) is 6.92 Å². The molecule has 0 aliphatic rings. The summed E-state index contributed by atoms with van der Waals surface area (Å²) >= 11 is 0. The third-order valence-corrected chi connectivity index (χ3v) is 6.43. The summed E-state index contributed by atoms with van der Waals surface area (Å²) in [6.45, 7) is 6.99. The summed E-state index contributed by atoms with van der Waals surface area (Å²) < 4.78 is 27.6. The topological polar surface area (TPSA) is 53.5 Å². The first-order chi connectivity index (χ1) is 13.5. The lowest BCUT2D eigenvalue weighted by Gasteiger charge is -2.24. The van der Waals surface area contributed by atoms with Crippen LogP contribution >= 0.6 is 0 Å². The second kappa shape index (κ2) is 8.44. The Kier molecular flexibility index (Phi) is 5.99. The third kappa shape index (κ3) is 4.02. The molecule has 0 atom stereocenters. The summed E-state index contributed by atoms with van der Waals surface area (Å²) in [5.41, 5.74) is 2.84. The van der Waals surface area contributed by atoms with Crippen LogP contribution in [0.15, 0.2) is 77.8 Å². The minimum atomic E-state index is -3.67. The summed E-state index contributed by atoms with van der Waals surface area (Å²) in [7, 11) is -3.67. The van der Waals surface area contributed by atoms with Crippen molar-refractivity contribution in [3.05, 3.63) is 78.5 Å². The highest BCUT2D eigenvalue weighted by atomic mass is 32.2. The number of aromatic nitrogens is 1. The van der Waals surface area contributed by atoms with Gasteiger partial charge in [0.2, 0.25) is 0 Å². The molecule has 0 aliphatic carbocycles. The zero-order chi connectivity index (χ0) is 20.1. The first-order valence-corrected chi connectivity index (χ1v) is 10.8. The Labute approximate surface area is 167 Å². The normalized spacial score (nSPS) is 11.2. The van der Waals surface area contributed by atoms with Crippen molar-refractivity contribution >= 4 is 27.2 Å². The molecule has 5 nitrogen and oxygen atoms in total. The van der Waals surface area contributed by atoms with E-state index in [0.29, 0.717) is 12.2 Å². The van der Waals surface area contributed by atoms with Crippen molar-refractivity contribution in [3.63, 3.8) is 0 Å². The third-order valence-electron chi connectivity index (χ3n) is 4.55. The molecule has 0 radical (unpaired) electrons. The fourth-order valence-corrected chi connectivity index (χ4v) is 4.59. The van der Waals surface area contributed by atoms with Crippen LogP contribution in [-0.4, -0.2) is 26.5 Å². The van der Waals surface area contributed by atoms with E-state index in [0.717, 1.165) is 23.6 Å². The van der Waals surface area contributed by atoms with Crippen molar-refractivity contribution in [1.29, 1.82) is 0 Å². The van der Waals surface area contributed by atoms with Crippen LogP contribution in [0.25, 0.3) is 0 Å². The van der Waals surface area contributed by atoms with Crippen LogP contribution in [0.3, 0.4) is 0 Å². The average molecular weight is 396 g/mol. The van der Waals surface area contributed by atoms with Crippen molar-refractivity contribution in [2.45, 2.75) is 25.7 Å².